The summed E-state index contributed by atoms with van der Waals surface area (Å²) in [4.78, 5) is 0.282. The number of rotatable bonds is 5. The van der Waals surface area contributed by atoms with E-state index in [2.05, 4.69) is 0 Å². The van der Waals surface area contributed by atoms with Crippen LogP contribution in [-0.4, -0.2) is 22.0 Å². The molecule has 2 aromatic rings. The molecule has 2 aromatic carbocycles. The van der Waals surface area contributed by atoms with E-state index in [1.54, 1.807) is 43.4 Å². The summed E-state index contributed by atoms with van der Waals surface area (Å²) in [5.74, 6) is 0. The summed E-state index contributed by atoms with van der Waals surface area (Å²) in [6, 6.07) is 15.9. The van der Waals surface area contributed by atoms with E-state index >= 15 is 0 Å². The monoisotopic (exact) mass is 290 g/mol. The third-order valence-corrected chi connectivity index (χ3v) is 4.93. The Morgan fingerprint density at radius 3 is 2.15 bits per heavy atom. The van der Waals surface area contributed by atoms with E-state index in [1.165, 1.54) is 4.31 Å². The van der Waals surface area contributed by atoms with Gasteiger partial charge in [0.2, 0.25) is 0 Å². The Bertz CT molecular complexity index is 652. The number of sulfonamides is 1. The van der Waals surface area contributed by atoms with Gasteiger partial charge in [-0.15, -0.1) is 0 Å². The average molecular weight is 290 g/mol. The van der Waals surface area contributed by atoms with Crippen molar-refractivity contribution in [3.8, 4) is 0 Å². The number of benzene rings is 2. The molecule has 2 rings (SSSR count). The van der Waals surface area contributed by atoms with E-state index in [-0.39, 0.29) is 4.90 Å². The molecule has 4 nitrogen and oxygen atoms in total. The third-order valence-electron chi connectivity index (χ3n) is 3.13. The summed E-state index contributed by atoms with van der Waals surface area (Å²) in [6.07, 6.45) is 0.745. The third kappa shape index (κ3) is 3.00. The first-order valence-corrected chi connectivity index (χ1v) is 7.82. The smallest absolute Gasteiger partial charge is 0.264 e. The maximum Gasteiger partial charge on any atom is 0.264 e. The van der Waals surface area contributed by atoms with Gasteiger partial charge in [0.05, 0.1) is 10.6 Å². The molecule has 0 aliphatic heterocycles. The molecule has 20 heavy (non-hydrogen) atoms. The minimum absolute atomic E-state index is 0.282. The maximum atomic E-state index is 12.5. The van der Waals surface area contributed by atoms with Crippen molar-refractivity contribution in [2.24, 2.45) is 5.73 Å². The van der Waals surface area contributed by atoms with E-state index in [4.69, 9.17) is 5.73 Å². The van der Waals surface area contributed by atoms with Crippen LogP contribution in [0.5, 0.6) is 0 Å². The van der Waals surface area contributed by atoms with Gasteiger partial charge in [-0.2, -0.15) is 0 Å². The Labute approximate surface area is 119 Å². The molecule has 0 unspecified atom stereocenters. The fourth-order valence-corrected chi connectivity index (χ4v) is 3.13. The first kappa shape index (κ1) is 14.6. The zero-order chi connectivity index (χ0) is 14.6. The maximum absolute atomic E-state index is 12.5. The van der Waals surface area contributed by atoms with Crippen LogP contribution in [0.25, 0.3) is 0 Å². The first-order valence-electron chi connectivity index (χ1n) is 6.38. The van der Waals surface area contributed by atoms with Gasteiger partial charge in [0.1, 0.15) is 0 Å². The van der Waals surface area contributed by atoms with Crippen LogP contribution in [0.4, 0.5) is 5.69 Å². The Balaban J connectivity index is 2.30. The second-order valence-corrected chi connectivity index (χ2v) is 6.46. The number of anilines is 1. The van der Waals surface area contributed by atoms with Crippen molar-refractivity contribution < 1.29 is 8.42 Å². The molecule has 0 aromatic heterocycles. The number of nitrogens with two attached hydrogens (primary N) is 1. The molecule has 0 spiro atoms. The summed E-state index contributed by atoms with van der Waals surface area (Å²) < 4.78 is 26.3. The fraction of sp³-hybridized carbons (Fsp3) is 0.200. The summed E-state index contributed by atoms with van der Waals surface area (Å²) >= 11 is 0. The minimum atomic E-state index is -3.52. The standard InChI is InChI=1S/C15H18N2O2S/c1-17(14-5-3-2-4-6-14)20(18,19)15-9-7-13(8-10-15)11-12-16/h2-10H,11-12,16H2,1H3. The van der Waals surface area contributed by atoms with Gasteiger partial charge >= 0.3 is 0 Å². The second kappa shape index (κ2) is 6.07. The van der Waals surface area contributed by atoms with Crippen LogP contribution < -0.4 is 10.0 Å². The molecule has 0 atom stereocenters. The fourth-order valence-electron chi connectivity index (χ4n) is 1.93. The molecule has 0 aliphatic rings. The minimum Gasteiger partial charge on any atom is -0.330 e. The molecule has 0 heterocycles. The van der Waals surface area contributed by atoms with Gasteiger partial charge < -0.3 is 5.73 Å². The predicted octanol–water partition coefficient (Wildman–Crippen LogP) is 2.01. The Hall–Kier alpha value is -1.85. The van der Waals surface area contributed by atoms with Gasteiger partial charge in [-0.3, -0.25) is 4.31 Å². The molecule has 0 fully saturated rings. The molecule has 2 N–H and O–H groups in total. The molecule has 0 bridgehead atoms. The van der Waals surface area contributed by atoms with E-state index < -0.39 is 10.0 Å². The van der Waals surface area contributed by atoms with Crippen molar-refractivity contribution in [1.29, 1.82) is 0 Å². The van der Waals surface area contributed by atoms with Crippen molar-refractivity contribution in [3.63, 3.8) is 0 Å². The van der Waals surface area contributed by atoms with Crippen molar-refractivity contribution >= 4 is 15.7 Å². The Kier molecular flexibility index (Phi) is 4.42. The normalized spacial score (nSPS) is 11.3. The number of hydrogen-bond acceptors (Lipinski definition) is 3. The van der Waals surface area contributed by atoms with E-state index in [0.717, 1.165) is 12.0 Å². The highest BCUT2D eigenvalue weighted by molar-refractivity contribution is 7.92. The van der Waals surface area contributed by atoms with E-state index in [1.807, 2.05) is 18.2 Å². The number of nitrogens with zero attached hydrogens (tertiary/aromatic N) is 1. The van der Waals surface area contributed by atoms with E-state index in [0.29, 0.717) is 12.2 Å². The van der Waals surface area contributed by atoms with Gasteiger partial charge in [0.25, 0.3) is 10.0 Å². The molecule has 5 heteroatoms. The molecule has 0 amide bonds. The lowest BCUT2D eigenvalue weighted by Gasteiger charge is -2.19. The predicted molar refractivity (Wildman–Crippen MR) is 81.2 cm³/mol. The Morgan fingerprint density at radius 1 is 1.00 bits per heavy atom. The summed E-state index contributed by atoms with van der Waals surface area (Å²) in [6.45, 7) is 0.552. The molecule has 106 valence electrons. The van der Waals surface area contributed by atoms with Crippen molar-refractivity contribution in [3.05, 3.63) is 60.2 Å². The molecule has 0 radical (unpaired) electrons. The summed E-state index contributed by atoms with van der Waals surface area (Å²) in [7, 11) is -1.97. The van der Waals surface area contributed by atoms with Crippen molar-refractivity contribution in [1.82, 2.24) is 0 Å². The SMILES string of the molecule is CN(c1ccccc1)S(=O)(=O)c1ccc(CCN)cc1. The molecule has 0 saturated carbocycles. The molecular weight excluding hydrogens is 272 g/mol. The Morgan fingerprint density at radius 2 is 1.60 bits per heavy atom. The average Bonchev–Trinajstić information content (AvgIpc) is 2.48. The van der Waals surface area contributed by atoms with Gasteiger partial charge in [-0.25, -0.2) is 8.42 Å². The van der Waals surface area contributed by atoms with Crippen LogP contribution in [0.2, 0.25) is 0 Å². The number of para-hydroxylation sites is 1. The van der Waals surface area contributed by atoms with Gasteiger partial charge in [-0.1, -0.05) is 30.3 Å². The van der Waals surface area contributed by atoms with Crippen LogP contribution in [-0.2, 0) is 16.4 Å². The van der Waals surface area contributed by atoms with Gasteiger partial charge in [0.15, 0.2) is 0 Å². The zero-order valence-corrected chi connectivity index (χ0v) is 12.2. The molecule has 0 aliphatic carbocycles. The quantitative estimate of drug-likeness (QED) is 0.916. The highest BCUT2D eigenvalue weighted by Crippen LogP contribution is 2.21. The first-order chi connectivity index (χ1) is 9.55. The van der Waals surface area contributed by atoms with E-state index in [9.17, 15) is 8.42 Å². The lowest BCUT2D eigenvalue weighted by Crippen LogP contribution is -2.26. The van der Waals surface area contributed by atoms with Crippen molar-refractivity contribution in [2.75, 3.05) is 17.9 Å². The molecule has 0 saturated heterocycles. The van der Waals surface area contributed by atoms with Crippen LogP contribution in [0, 0.1) is 0 Å². The number of hydrogen-bond donors (Lipinski definition) is 1. The van der Waals surface area contributed by atoms with Gasteiger partial charge in [-0.05, 0) is 42.8 Å². The van der Waals surface area contributed by atoms with Crippen molar-refractivity contribution in [2.45, 2.75) is 11.3 Å². The summed E-state index contributed by atoms with van der Waals surface area (Å²) in [5.41, 5.74) is 7.16. The lowest BCUT2D eigenvalue weighted by atomic mass is 10.2. The topological polar surface area (TPSA) is 63.4 Å². The second-order valence-electron chi connectivity index (χ2n) is 4.49. The zero-order valence-electron chi connectivity index (χ0n) is 11.4. The van der Waals surface area contributed by atoms with Gasteiger partial charge in [0, 0.05) is 7.05 Å². The molecular formula is C15H18N2O2S. The van der Waals surface area contributed by atoms with Crippen LogP contribution >= 0.6 is 0 Å². The van der Waals surface area contributed by atoms with Crippen LogP contribution in [0.3, 0.4) is 0 Å². The largest absolute Gasteiger partial charge is 0.330 e. The highest BCUT2D eigenvalue weighted by Gasteiger charge is 2.20. The highest BCUT2D eigenvalue weighted by atomic mass is 32.2. The lowest BCUT2D eigenvalue weighted by molar-refractivity contribution is 0.594. The van der Waals surface area contributed by atoms with Crippen LogP contribution in [0.15, 0.2) is 59.5 Å². The summed E-state index contributed by atoms with van der Waals surface area (Å²) in [5, 5.41) is 0. The van der Waals surface area contributed by atoms with Crippen LogP contribution in [0.1, 0.15) is 5.56 Å².